The third-order valence-corrected chi connectivity index (χ3v) is 5.16. The van der Waals surface area contributed by atoms with Crippen LogP contribution < -0.4 is 10.1 Å². The number of aromatic nitrogens is 2. The summed E-state index contributed by atoms with van der Waals surface area (Å²) in [6.07, 6.45) is 0. The molecule has 0 aliphatic carbocycles. The highest BCUT2D eigenvalue weighted by molar-refractivity contribution is 6.36. The van der Waals surface area contributed by atoms with E-state index in [1.54, 1.807) is 32.0 Å². The number of amides is 1. The van der Waals surface area contributed by atoms with Crippen LogP contribution in [0.4, 0.5) is 0 Å². The van der Waals surface area contributed by atoms with E-state index in [4.69, 9.17) is 37.2 Å². The largest absolute Gasteiger partial charge is 0.493 e. The Morgan fingerprint density at radius 2 is 1.91 bits per heavy atom. The van der Waals surface area contributed by atoms with E-state index in [1.807, 2.05) is 19.1 Å². The second kappa shape index (κ2) is 11.2. The van der Waals surface area contributed by atoms with Crippen LogP contribution in [-0.4, -0.2) is 34.7 Å². The number of halogens is 2. The molecule has 10 heteroatoms. The highest BCUT2D eigenvalue weighted by Gasteiger charge is 2.27. The zero-order chi connectivity index (χ0) is 24.0. The van der Waals surface area contributed by atoms with Crippen LogP contribution in [-0.2, 0) is 16.1 Å². The Kier molecular flexibility index (Phi) is 8.30. The number of nitrogens with zero attached hydrogens (tertiary/aromatic N) is 2. The first-order valence-corrected chi connectivity index (χ1v) is 11.0. The highest BCUT2D eigenvalue weighted by atomic mass is 35.5. The van der Waals surface area contributed by atoms with E-state index in [9.17, 15) is 9.59 Å². The van der Waals surface area contributed by atoms with Crippen LogP contribution in [0, 0.1) is 5.92 Å². The topological polar surface area (TPSA) is 104 Å². The average Bonchev–Trinajstić information content (AvgIpc) is 3.25. The molecule has 0 aliphatic heterocycles. The van der Waals surface area contributed by atoms with E-state index in [-0.39, 0.29) is 29.0 Å². The molecule has 3 rings (SSSR count). The van der Waals surface area contributed by atoms with Gasteiger partial charge in [-0.1, -0.05) is 54.3 Å². The molecule has 33 heavy (non-hydrogen) atoms. The standard InChI is InChI=1S/C23H23Cl2N3O5/c1-4-31-18-8-6-5-7-16(18)21-26-19(33-28-21)12-32-23(30)20(13(2)3)27-22(29)15-10-9-14(24)11-17(15)25/h5-11,13,20H,4,12H2,1-3H3,(H,27,29). The van der Waals surface area contributed by atoms with Crippen molar-refractivity contribution >= 4 is 35.1 Å². The highest BCUT2D eigenvalue weighted by Crippen LogP contribution is 2.27. The predicted molar refractivity (Wildman–Crippen MR) is 123 cm³/mol. The van der Waals surface area contributed by atoms with Crippen molar-refractivity contribution in [2.45, 2.75) is 33.4 Å². The maximum Gasteiger partial charge on any atom is 0.329 e. The van der Waals surface area contributed by atoms with Gasteiger partial charge in [0.05, 0.1) is 22.8 Å². The molecule has 1 N–H and O–H groups in total. The van der Waals surface area contributed by atoms with Crippen LogP contribution in [0.1, 0.15) is 37.0 Å². The third kappa shape index (κ3) is 6.24. The molecular weight excluding hydrogens is 469 g/mol. The molecule has 1 atom stereocenters. The van der Waals surface area contributed by atoms with Crippen LogP contribution in [0.25, 0.3) is 11.4 Å². The molecule has 1 unspecified atom stereocenters. The molecule has 8 nitrogen and oxygen atoms in total. The molecule has 1 amide bonds. The van der Waals surface area contributed by atoms with Crippen molar-refractivity contribution in [3.05, 3.63) is 64.0 Å². The van der Waals surface area contributed by atoms with Gasteiger partial charge in [-0.3, -0.25) is 4.79 Å². The molecule has 0 saturated heterocycles. The summed E-state index contributed by atoms with van der Waals surface area (Å²) in [5.74, 6) is -0.357. The predicted octanol–water partition coefficient (Wildman–Crippen LogP) is 4.94. The van der Waals surface area contributed by atoms with Gasteiger partial charge in [0.25, 0.3) is 11.8 Å². The summed E-state index contributed by atoms with van der Waals surface area (Å²) in [5, 5.41) is 7.18. The fourth-order valence-electron chi connectivity index (χ4n) is 2.97. The van der Waals surface area contributed by atoms with E-state index in [2.05, 4.69) is 15.5 Å². The van der Waals surface area contributed by atoms with Crippen molar-refractivity contribution in [2.24, 2.45) is 5.92 Å². The van der Waals surface area contributed by atoms with E-state index in [0.717, 1.165) is 0 Å². The average molecular weight is 492 g/mol. The Morgan fingerprint density at radius 1 is 1.15 bits per heavy atom. The summed E-state index contributed by atoms with van der Waals surface area (Å²) in [4.78, 5) is 29.6. The molecular formula is C23H23Cl2N3O5. The van der Waals surface area contributed by atoms with Crippen molar-refractivity contribution in [3.8, 4) is 17.1 Å². The van der Waals surface area contributed by atoms with E-state index in [0.29, 0.717) is 28.8 Å². The van der Waals surface area contributed by atoms with Gasteiger partial charge in [0.15, 0.2) is 6.61 Å². The Bertz CT molecular complexity index is 1130. The summed E-state index contributed by atoms with van der Waals surface area (Å²) in [7, 11) is 0. The molecule has 2 aromatic carbocycles. The lowest BCUT2D eigenvalue weighted by molar-refractivity contribution is -0.149. The minimum Gasteiger partial charge on any atom is -0.493 e. The van der Waals surface area contributed by atoms with Crippen molar-refractivity contribution in [1.82, 2.24) is 15.5 Å². The smallest absolute Gasteiger partial charge is 0.329 e. The lowest BCUT2D eigenvalue weighted by atomic mass is 10.0. The number of rotatable bonds is 9. The van der Waals surface area contributed by atoms with Crippen LogP contribution in [0.15, 0.2) is 47.0 Å². The lowest BCUT2D eigenvalue weighted by Gasteiger charge is -2.20. The van der Waals surface area contributed by atoms with E-state index >= 15 is 0 Å². The van der Waals surface area contributed by atoms with Gasteiger partial charge in [0.1, 0.15) is 11.8 Å². The molecule has 0 radical (unpaired) electrons. The molecule has 174 valence electrons. The van der Waals surface area contributed by atoms with Gasteiger partial charge in [-0.2, -0.15) is 4.98 Å². The number of ether oxygens (including phenoxy) is 2. The lowest BCUT2D eigenvalue weighted by Crippen LogP contribution is -2.45. The number of para-hydroxylation sites is 1. The number of benzene rings is 2. The van der Waals surface area contributed by atoms with Crippen molar-refractivity contribution < 1.29 is 23.6 Å². The van der Waals surface area contributed by atoms with Crippen molar-refractivity contribution in [3.63, 3.8) is 0 Å². The molecule has 0 bridgehead atoms. The first kappa shape index (κ1) is 24.5. The van der Waals surface area contributed by atoms with Crippen LogP contribution in [0.2, 0.25) is 10.0 Å². The van der Waals surface area contributed by atoms with Gasteiger partial charge >= 0.3 is 5.97 Å². The van der Waals surface area contributed by atoms with E-state index < -0.39 is 17.9 Å². The zero-order valence-corrected chi connectivity index (χ0v) is 19.8. The third-order valence-electron chi connectivity index (χ3n) is 4.62. The molecule has 0 spiro atoms. The summed E-state index contributed by atoms with van der Waals surface area (Å²) in [5.41, 5.74) is 0.863. The number of hydrogen-bond donors (Lipinski definition) is 1. The minimum atomic E-state index is -0.912. The maximum atomic E-state index is 12.7. The fourth-order valence-corrected chi connectivity index (χ4v) is 3.46. The Morgan fingerprint density at radius 3 is 2.61 bits per heavy atom. The van der Waals surface area contributed by atoms with Crippen molar-refractivity contribution in [2.75, 3.05) is 6.61 Å². The second-order valence-corrected chi connectivity index (χ2v) is 8.21. The quantitative estimate of drug-likeness (QED) is 0.422. The van der Waals surface area contributed by atoms with Crippen LogP contribution in [0.3, 0.4) is 0 Å². The van der Waals surface area contributed by atoms with Gasteiger partial charge in [0, 0.05) is 5.02 Å². The molecule has 3 aromatic rings. The fraction of sp³-hybridized carbons (Fsp3) is 0.304. The molecule has 0 saturated carbocycles. The SMILES string of the molecule is CCOc1ccccc1-c1noc(COC(=O)C(NC(=O)c2ccc(Cl)cc2Cl)C(C)C)n1. The summed E-state index contributed by atoms with van der Waals surface area (Å²) in [6, 6.07) is 10.9. The van der Waals surface area contributed by atoms with Gasteiger partial charge in [0.2, 0.25) is 5.82 Å². The van der Waals surface area contributed by atoms with Crippen LogP contribution in [0.5, 0.6) is 5.75 Å². The van der Waals surface area contributed by atoms with E-state index in [1.165, 1.54) is 12.1 Å². The normalized spacial score (nSPS) is 11.8. The maximum absolute atomic E-state index is 12.7. The number of carbonyl (C=O) groups is 2. The minimum absolute atomic E-state index is 0.110. The molecule has 0 fully saturated rings. The zero-order valence-electron chi connectivity index (χ0n) is 18.3. The summed E-state index contributed by atoms with van der Waals surface area (Å²) >= 11 is 12.0. The Balaban J connectivity index is 1.66. The second-order valence-electron chi connectivity index (χ2n) is 7.37. The van der Waals surface area contributed by atoms with Crippen LogP contribution >= 0.6 is 23.2 Å². The number of hydrogen-bond acceptors (Lipinski definition) is 7. The Labute approximate surface area is 201 Å². The number of nitrogens with one attached hydrogen (secondary N) is 1. The molecule has 0 aliphatic rings. The first-order valence-electron chi connectivity index (χ1n) is 10.3. The molecule has 1 heterocycles. The van der Waals surface area contributed by atoms with Gasteiger partial charge in [-0.15, -0.1) is 0 Å². The van der Waals surface area contributed by atoms with Gasteiger partial charge in [-0.25, -0.2) is 4.79 Å². The summed E-state index contributed by atoms with van der Waals surface area (Å²) in [6.45, 7) is 5.69. The monoisotopic (exact) mass is 491 g/mol. The van der Waals surface area contributed by atoms with Gasteiger partial charge in [-0.05, 0) is 43.2 Å². The van der Waals surface area contributed by atoms with Gasteiger partial charge < -0.3 is 19.3 Å². The first-order chi connectivity index (χ1) is 15.8. The van der Waals surface area contributed by atoms with Crippen molar-refractivity contribution in [1.29, 1.82) is 0 Å². The number of carbonyl (C=O) groups excluding carboxylic acids is 2. The Hall–Kier alpha value is -3.10. The molecule has 1 aromatic heterocycles. The number of esters is 1. The summed E-state index contributed by atoms with van der Waals surface area (Å²) < 4.78 is 16.1.